The van der Waals surface area contributed by atoms with E-state index in [2.05, 4.69) is 4.74 Å². The van der Waals surface area contributed by atoms with Gasteiger partial charge in [0.25, 0.3) is 6.10 Å². The average molecular weight is 540 g/mol. The van der Waals surface area contributed by atoms with Crippen molar-refractivity contribution in [2.75, 3.05) is 0 Å². The lowest BCUT2D eigenvalue weighted by atomic mass is 9.72. The lowest BCUT2D eigenvalue weighted by molar-refractivity contribution is -0.314. The molecule has 0 amide bonds. The molecule has 0 aliphatic rings. The van der Waals surface area contributed by atoms with Crippen LogP contribution in [0.2, 0.25) is 0 Å². The van der Waals surface area contributed by atoms with E-state index in [0.29, 0.717) is 0 Å². The Hall–Kier alpha value is -1.63. The van der Waals surface area contributed by atoms with Gasteiger partial charge in [0.2, 0.25) is 0 Å². The van der Waals surface area contributed by atoms with Gasteiger partial charge in [-0.15, -0.1) is 0 Å². The fraction of sp³-hybridized carbons (Fsp3) is 0.857. The van der Waals surface area contributed by atoms with Crippen LogP contribution in [-0.4, -0.2) is 36.8 Å². The Bertz CT molecular complexity index is 684. The van der Waals surface area contributed by atoms with Gasteiger partial charge in [-0.2, -0.15) is 52.7 Å². The molecule has 0 saturated carbocycles. The van der Waals surface area contributed by atoms with Crippen molar-refractivity contribution in [1.82, 2.24) is 0 Å². The summed E-state index contributed by atoms with van der Waals surface area (Å²) in [5.74, 6) is -4.76. The van der Waals surface area contributed by atoms with Gasteiger partial charge >= 0.3 is 30.7 Å². The molecule has 0 saturated heterocycles. The zero-order valence-electron chi connectivity index (χ0n) is 19.6. The number of alkyl halides is 12. The molecular weight excluding hydrogens is 512 g/mol. The molecule has 0 fully saturated rings. The topological polar surface area (TPSA) is 26.3 Å². The normalized spacial score (nSPS) is 16.6. The first-order chi connectivity index (χ1) is 15.3. The van der Waals surface area contributed by atoms with Crippen molar-refractivity contribution in [1.29, 1.82) is 0 Å². The van der Waals surface area contributed by atoms with Gasteiger partial charge in [-0.25, -0.2) is 0 Å². The van der Waals surface area contributed by atoms with E-state index >= 15 is 0 Å². The van der Waals surface area contributed by atoms with E-state index in [-0.39, 0.29) is 31.8 Å². The van der Waals surface area contributed by atoms with Crippen LogP contribution in [0.4, 0.5) is 52.7 Å². The summed E-state index contributed by atoms with van der Waals surface area (Å²) < 4.78 is 156. The Kier molecular flexibility index (Phi) is 11.1. The number of hydrogen-bond acceptors (Lipinski definition) is 2. The molecule has 0 bridgehead atoms. The lowest BCUT2D eigenvalue weighted by Crippen LogP contribution is -2.46. The summed E-state index contributed by atoms with van der Waals surface area (Å²) in [6, 6.07) is 0. The van der Waals surface area contributed by atoms with Crippen LogP contribution in [0.1, 0.15) is 60.3 Å². The molecule has 2 nitrogen and oxygen atoms in total. The molecule has 3 unspecified atom stereocenters. The molecule has 35 heavy (non-hydrogen) atoms. The lowest BCUT2D eigenvalue weighted by Gasteiger charge is -2.34. The van der Waals surface area contributed by atoms with E-state index in [4.69, 9.17) is 0 Å². The van der Waals surface area contributed by atoms with E-state index in [9.17, 15) is 57.5 Å². The summed E-state index contributed by atoms with van der Waals surface area (Å²) in [5.41, 5.74) is -3.70. The first kappa shape index (κ1) is 33.4. The number of carbonyl (C=O) groups is 1. The van der Waals surface area contributed by atoms with E-state index in [0.717, 1.165) is 6.92 Å². The number of hydrogen-bond donors (Lipinski definition) is 0. The van der Waals surface area contributed by atoms with Crippen LogP contribution in [0.3, 0.4) is 0 Å². The molecule has 0 heterocycles. The Morgan fingerprint density at radius 3 is 1.60 bits per heavy atom. The largest absolute Gasteiger partial charge is 0.443 e. The maximum atomic E-state index is 12.9. The maximum absolute atomic E-state index is 12.9. The third-order valence-corrected chi connectivity index (χ3v) is 5.69. The molecule has 0 aromatic carbocycles. The molecule has 0 aliphatic carbocycles. The second-order valence-electron chi connectivity index (χ2n) is 9.26. The molecule has 3 atom stereocenters. The molecular formula is C21H28F12O2. The number of halogens is 12. The Morgan fingerprint density at radius 2 is 1.26 bits per heavy atom. The number of ether oxygens (including phenoxy) is 1. The van der Waals surface area contributed by atoms with Crippen molar-refractivity contribution in [3.8, 4) is 0 Å². The van der Waals surface area contributed by atoms with Crippen molar-refractivity contribution < 1.29 is 62.2 Å². The second kappa shape index (κ2) is 11.6. The number of carbonyl (C=O) groups excluding carboxylic acids is 1. The molecule has 0 aromatic rings. The van der Waals surface area contributed by atoms with Gasteiger partial charge in [0.1, 0.15) is 5.57 Å². The Labute approximate surface area is 195 Å². The highest BCUT2D eigenvalue weighted by atomic mass is 19.4. The quantitative estimate of drug-likeness (QED) is 0.158. The summed E-state index contributed by atoms with van der Waals surface area (Å²) >= 11 is 0. The summed E-state index contributed by atoms with van der Waals surface area (Å²) in [5, 5.41) is 0. The predicted molar refractivity (Wildman–Crippen MR) is 102 cm³/mol. The standard InChI is InChI=1S/C21H28F12O2/c1-6-13(10-14(18(22,23)24)19(25,26)27)17(4,5)8-7-11(2)9-12(3)15(34)35-16(20(28,29)30)21(31,32)33/h10-13,16H,6-9H2,1-5H3. The number of allylic oxidation sites excluding steroid dienone is 2. The minimum Gasteiger partial charge on any atom is -0.443 e. The Morgan fingerprint density at radius 1 is 0.829 bits per heavy atom. The Balaban J connectivity index is 5.32. The highest BCUT2D eigenvalue weighted by molar-refractivity contribution is 5.72. The summed E-state index contributed by atoms with van der Waals surface area (Å²) in [7, 11) is 0. The third-order valence-electron chi connectivity index (χ3n) is 5.69. The minimum atomic E-state index is -5.86. The molecule has 0 aromatic heterocycles. The average Bonchev–Trinajstić information content (AvgIpc) is 2.60. The molecule has 0 rings (SSSR count). The highest BCUT2D eigenvalue weighted by Crippen LogP contribution is 2.44. The van der Waals surface area contributed by atoms with Crippen LogP contribution in [0.5, 0.6) is 0 Å². The summed E-state index contributed by atoms with van der Waals surface area (Å²) in [6.07, 6.45) is -27.2. The first-order valence-electron chi connectivity index (χ1n) is 10.5. The smallest absolute Gasteiger partial charge is 0.434 e. The van der Waals surface area contributed by atoms with Gasteiger partial charge in [-0.05, 0) is 36.5 Å². The molecule has 208 valence electrons. The van der Waals surface area contributed by atoms with E-state index in [1.807, 2.05) is 0 Å². The SMILES string of the molecule is CCC(C=C(C(F)(F)F)C(F)(F)F)C(C)(C)CCC(C)CC(C)C(=O)OC(C(F)(F)F)C(F)(F)F. The maximum Gasteiger partial charge on any atom is 0.434 e. The third kappa shape index (κ3) is 10.9. The van der Waals surface area contributed by atoms with Crippen LogP contribution in [0.15, 0.2) is 11.6 Å². The zero-order chi connectivity index (χ0) is 28.2. The van der Waals surface area contributed by atoms with Gasteiger partial charge in [0, 0.05) is 0 Å². The summed E-state index contributed by atoms with van der Waals surface area (Å²) in [6.45, 7) is 6.86. The van der Waals surface area contributed by atoms with Crippen molar-refractivity contribution >= 4 is 5.97 Å². The minimum absolute atomic E-state index is 0.0595. The van der Waals surface area contributed by atoms with E-state index in [1.54, 1.807) is 0 Å². The van der Waals surface area contributed by atoms with Gasteiger partial charge < -0.3 is 4.74 Å². The van der Waals surface area contributed by atoms with E-state index < -0.39 is 65.5 Å². The van der Waals surface area contributed by atoms with Crippen molar-refractivity contribution in [2.45, 2.75) is 91.1 Å². The molecule has 14 heteroatoms. The predicted octanol–water partition coefficient (Wildman–Crippen LogP) is 8.57. The van der Waals surface area contributed by atoms with Gasteiger partial charge in [0.15, 0.2) is 0 Å². The monoisotopic (exact) mass is 540 g/mol. The molecule has 0 radical (unpaired) electrons. The second-order valence-corrected chi connectivity index (χ2v) is 9.26. The van der Waals surface area contributed by atoms with Crippen LogP contribution >= 0.6 is 0 Å². The highest BCUT2D eigenvalue weighted by Gasteiger charge is 2.60. The molecule has 0 N–H and O–H groups in total. The fourth-order valence-corrected chi connectivity index (χ4v) is 3.62. The van der Waals surface area contributed by atoms with Crippen molar-refractivity contribution in [3.63, 3.8) is 0 Å². The number of rotatable bonds is 10. The van der Waals surface area contributed by atoms with Crippen molar-refractivity contribution in [2.24, 2.45) is 23.2 Å². The number of esters is 1. The van der Waals surface area contributed by atoms with Crippen LogP contribution in [0, 0.1) is 23.2 Å². The first-order valence-corrected chi connectivity index (χ1v) is 10.5. The van der Waals surface area contributed by atoms with Crippen LogP contribution in [0.25, 0.3) is 0 Å². The van der Waals surface area contributed by atoms with E-state index in [1.165, 1.54) is 27.7 Å². The van der Waals surface area contributed by atoms with Gasteiger partial charge in [-0.3, -0.25) is 4.79 Å². The van der Waals surface area contributed by atoms with Crippen LogP contribution in [-0.2, 0) is 9.53 Å². The van der Waals surface area contributed by atoms with Gasteiger partial charge in [0.05, 0.1) is 5.92 Å². The molecule has 0 spiro atoms. The summed E-state index contributed by atoms with van der Waals surface area (Å²) in [4.78, 5) is 11.8. The van der Waals surface area contributed by atoms with Gasteiger partial charge in [-0.1, -0.05) is 47.1 Å². The molecule has 0 aliphatic heterocycles. The fourth-order valence-electron chi connectivity index (χ4n) is 3.62. The van der Waals surface area contributed by atoms with Crippen molar-refractivity contribution in [3.05, 3.63) is 11.6 Å². The van der Waals surface area contributed by atoms with Crippen LogP contribution < -0.4 is 0 Å². The zero-order valence-corrected chi connectivity index (χ0v) is 19.6.